The van der Waals surface area contributed by atoms with E-state index in [0.717, 1.165) is 42.1 Å². The zero-order valence-electron chi connectivity index (χ0n) is 12.9. The molecule has 3 heterocycles. The quantitative estimate of drug-likeness (QED) is 0.878. The first-order chi connectivity index (χ1) is 10.7. The molecule has 0 spiro atoms. The molecule has 1 saturated carbocycles. The van der Waals surface area contributed by atoms with Gasteiger partial charge in [0.25, 0.3) is 0 Å². The Labute approximate surface area is 128 Å². The molecule has 0 bridgehead atoms. The van der Waals surface area contributed by atoms with E-state index in [2.05, 4.69) is 15.0 Å². The summed E-state index contributed by atoms with van der Waals surface area (Å²) in [6.07, 6.45) is 3.91. The van der Waals surface area contributed by atoms with Crippen molar-refractivity contribution in [1.29, 1.82) is 0 Å². The second kappa shape index (κ2) is 5.17. The van der Waals surface area contributed by atoms with E-state index in [4.69, 9.17) is 9.72 Å². The number of fused-ring (bicyclic) bond motifs is 2. The van der Waals surface area contributed by atoms with Crippen molar-refractivity contribution in [2.75, 3.05) is 24.7 Å². The van der Waals surface area contributed by atoms with Crippen LogP contribution in [0, 0.1) is 12.8 Å². The molecular weight excluding hydrogens is 282 g/mol. The fourth-order valence-corrected chi connectivity index (χ4v) is 3.79. The van der Waals surface area contributed by atoms with Crippen LogP contribution >= 0.6 is 0 Å². The summed E-state index contributed by atoms with van der Waals surface area (Å²) in [6.45, 7) is 3.66. The topological polar surface area (TPSA) is 76.3 Å². The van der Waals surface area contributed by atoms with Crippen LogP contribution in [0.1, 0.15) is 18.7 Å². The Kier molecular flexibility index (Phi) is 3.27. The predicted octanol–water partition coefficient (Wildman–Crippen LogP) is 0.648. The van der Waals surface area contributed by atoms with Crippen molar-refractivity contribution >= 4 is 16.9 Å². The van der Waals surface area contributed by atoms with Gasteiger partial charge in [0.05, 0.1) is 30.3 Å². The van der Waals surface area contributed by atoms with E-state index >= 15 is 0 Å². The first kappa shape index (κ1) is 13.9. The maximum absolute atomic E-state index is 9.48. The van der Waals surface area contributed by atoms with Gasteiger partial charge in [0.2, 0.25) is 0 Å². The van der Waals surface area contributed by atoms with Crippen LogP contribution < -0.4 is 4.90 Å². The number of aliphatic hydroxyl groups is 1. The number of hydrogen-bond donors (Lipinski definition) is 1. The lowest BCUT2D eigenvalue weighted by Gasteiger charge is -2.38. The van der Waals surface area contributed by atoms with Crippen LogP contribution in [-0.2, 0) is 11.8 Å². The van der Waals surface area contributed by atoms with Gasteiger partial charge in [0.1, 0.15) is 11.6 Å². The molecule has 2 aliphatic rings. The molecule has 4 rings (SSSR count). The van der Waals surface area contributed by atoms with E-state index in [1.165, 1.54) is 0 Å². The van der Waals surface area contributed by atoms with Gasteiger partial charge in [-0.3, -0.25) is 4.68 Å². The lowest BCUT2D eigenvalue weighted by molar-refractivity contribution is 0.0229. The molecule has 1 N–H and O–H groups in total. The van der Waals surface area contributed by atoms with Crippen molar-refractivity contribution in [3.05, 3.63) is 12.0 Å². The fourth-order valence-electron chi connectivity index (χ4n) is 3.79. The minimum absolute atomic E-state index is 0.188. The van der Waals surface area contributed by atoms with Gasteiger partial charge >= 0.3 is 0 Å². The van der Waals surface area contributed by atoms with Gasteiger partial charge in [0.15, 0.2) is 5.65 Å². The summed E-state index contributed by atoms with van der Waals surface area (Å²) in [4.78, 5) is 11.5. The predicted molar refractivity (Wildman–Crippen MR) is 81.7 cm³/mol. The lowest BCUT2D eigenvalue weighted by atomic mass is 10.1. The Hall–Kier alpha value is -1.73. The number of rotatable bonds is 2. The number of aryl methyl sites for hydroxylation is 2. The van der Waals surface area contributed by atoms with Gasteiger partial charge in [-0.15, -0.1) is 0 Å². The molecule has 1 unspecified atom stereocenters. The molecule has 0 aromatic carbocycles. The van der Waals surface area contributed by atoms with Crippen LogP contribution in [-0.4, -0.2) is 56.8 Å². The average Bonchev–Trinajstić information content (AvgIpc) is 3.10. The Morgan fingerprint density at radius 3 is 3.05 bits per heavy atom. The summed E-state index contributed by atoms with van der Waals surface area (Å²) in [5.74, 6) is 2.03. The van der Waals surface area contributed by atoms with Gasteiger partial charge in [-0.2, -0.15) is 5.10 Å². The van der Waals surface area contributed by atoms with E-state index in [0.29, 0.717) is 12.5 Å². The van der Waals surface area contributed by atoms with Crippen molar-refractivity contribution in [1.82, 2.24) is 19.7 Å². The second-order valence-electron chi connectivity index (χ2n) is 6.29. The third kappa shape index (κ3) is 2.07. The molecule has 1 aliphatic carbocycles. The second-order valence-corrected chi connectivity index (χ2v) is 6.29. The summed E-state index contributed by atoms with van der Waals surface area (Å²) in [5, 5.41) is 14.8. The molecule has 7 heteroatoms. The van der Waals surface area contributed by atoms with Gasteiger partial charge < -0.3 is 14.7 Å². The van der Waals surface area contributed by atoms with Crippen LogP contribution in [0.2, 0.25) is 0 Å². The number of nitrogens with zero attached hydrogens (tertiary/aromatic N) is 5. The van der Waals surface area contributed by atoms with Crippen molar-refractivity contribution in [3.63, 3.8) is 0 Å². The van der Waals surface area contributed by atoms with Gasteiger partial charge in [-0.05, 0) is 25.7 Å². The van der Waals surface area contributed by atoms with Crippen molar-refractivity contribution < 1.29 is 9.84 Å². The van der Waals surface area contributed by atoms with E-state index in [1.807, 2.05) is 20.2 Å². The summed E-state index contributed by atoms with van der Waals surface area (Å²) >= 11 is 0. The number of hydrogen-bond acceptors (Lipinski definition) is 6. The molecule has 2 aromatic heterocycles. The summed E-state index contributed by atoms with van der Waals surface area (Å²) in [6, 6.07) is 0.281. The smallest absolute Gasteiger partial charge is 0.163 e. The first-order valence-electron chi connectivity index (χ1n) is 7.83. The minimum Gasteiger partial charge on any atom is -0.396 e. The SMILES string of the molecule is Cc1nc(N2CCOC3C[C@H](CO)C[C@@H]32)c2cnn(C)c2n1. The highest BCUT2D eigenvalue weighted by atomic mass is 16.5. The minimum atomic E-state index is 0.188. The van der Waals surface area contributed by atoms with Gasteiger partial charge in [0, 0.05) is 20.2 Å². The lowest BCUT2D eigenvalue weighted by Crippen LogP contribution is -2.49. The van der Waals surface area contributed by atoms with Crippen LogP contribution in [0.15, 0.2) is 6.20 Å². The Bertz CT molecular complexity index is 701. The largest absolute Gasteiger partial charge is 0.396 e. The molecule has 3 atom stereocenters. The third-order valence-electron chi connectivity index (χ3n) is 4.85. The van der Waals surface area contributed by atoms with Crippen LogP contribution in [0.5, 0.6) is 0 Å². The summed E-state index contributed by atoms with van der Waals surface area (Å²) in [7, 11) is 1.90. The van der Waals surface area contributed by atoms with Crippen molar-refractivity contribution in [2.45, 2.75) is 31.9 Å². The molecule has 22 heavy (non-hydrogen) atoms. The standard InChI is InChI=1S/C15H21N5O2/c1-9-17-14-11(7-16-19(14)2)15(18-9)20-3-4-22-13-6-10(8-21)5-12(13)20/h7,10,12-13,21H,3-6,8H2,1-2H3/t10-,12+,13?/m1/s1. The van der Waals surface area contributed by atoms with Crippen LogP contribution in [0.25, 0.3) is 11.0 Å². The molecule has 0 amide bonds. The average molecular weight is 303 g/mol. The molecule has 2 fully saturated rings. The van der Waals surface area contributed by atoms with Gasteiger partial charge in [-0.1, -0.05) is 0 Å². The number of anilines is 1. The third-order valence-corrected chi connectivity index (χ3v) is 4.85. The van der Waals surface area contributed by atoms with Crippen LogP contribution in [0.3, 0.4) is 0 Å². The maximum atomic E-state index is 9.48. The van der Waals surface area contributed by atoms with Crippen molar-refractivity contribution in [3.8, 4) is 0 Å². The normalized spacial score (nSPS) is 28.3. The first-order valence-corrected chi connectivity index (χ1v) is 7.83. The number of morpholine rings is 1. The van der Waals surface area contributed by atoms with E-state index in [1.54, 1.807) is 4.68 Å². The number of aromatic nitrogens is 4. The fraction of sp³-hybridized carbons (Fsp3) is 0.667. The molecule has 118 valence electrons. The highest BCUT2D eigenvalue weighted by molar-refractivity contribution is 5.87. The van der Waals surface area contributed by atoms with Crippen LogP contribution in [0.4, 0.5) is 5.82 Å². The zero-order valence-corrected chi connectivity index (χ0v) is 12.9. The Balaban J connectivity index is 1.77. The van der Waals surface area contributed by atoms with Gasteiger partial charge in [-0.25, -0.2) is 9.97 Å². The molecule has 2 aromatic rings. The maximum Gasteiger partial charge on any atom is 0.163 e. The zero-order chi connectivity index (χ0) is 15.3. The Morgan fingerprint density at radius 1 is 1.36 bits per heavy atom. The van der Waals surface area contributed by atoms with E-state index < -0.39 is 0 Å². The molecule has 1 saturated heterocycles. The highest BCUT2D eigenvalue weighted by Crippen LogP contribution is 2.37. The summed E-state index contributed by atoms with van der Waals surface area (Å²) < 4.78 is 7.70. The molecule has 7 nitrogen and oxygen atoms in total. The summed E-state index contributed by atoms with van der Waals surface area (Å²) in [5.41, 5.74) is 0.863. The molecule has 1 aliphatic heterocycles. The number of ether oxygens (including phenoxy) is 1. The monoisotopic (exact) mass is 303 g/mol. The van der Waals surface area contributed by atoms with Crippen molar-refractivity contribution in [2.24, 2.45) is 13.0 Å². The number of aliphatic hydroxyl groups excluding tert-OH is 1. The highest BCUT2D eigenvalue weighted by Gasteiger charge is 2.41. The molecule has 0 radical (unpaired) electrons. The van der Waals surface area contributed by atoms with E-state index in [9.17, 15) is 5.11 Å². The Morgan fingerprint density at radius 2 is 2.23 bits per heavy atom. The molecular formula is C15H21N5O2. The van der Waals surface area contributed by atoms with E-state index in [-0.39, 0.29) is 18.8 Å².